The van der Waals surface area contributed by atoms with Crippen LogP contribution in [0.3, 0.4) is 0 Å². The van der Waals surface area contributed by atoms with Crippen molar-refractivity contribution in [1.29, 1.82) is 0 Å². The molecule has 0 unspecified atom stereocenters. The summed E-state index contributed by atoms with van der Waals surface area (Å²) in [5.74, 6) is 6.38. The molecule has 1 aliphatic carbocycles. The molecule has 0 bridgehead atoms. The first-order chi connectivity index (χ1) is 6.85. The van der Waals surface area contributed by atoms with Crippen molar-refractivity contribution in [2.24, 2.45) is 5.41 Å². The molecular formula is C13H21N. The van der Waals surface area contributed by atoms with E-state index >= 15 is 0 Å². The fourth-order valence-electron chi connectivity index (χ4n) is 2.92. The van der Waals surface area contributed by atoms with E-state index in [1.165, 1.54) is 45.2 Å². The average Bonchev–Trinajstić information content (AvgIpc) is 2.17. The van der Waals surface area contributed by atoms with Crippen LogP contribution in [0.1, 0.15) is 45.4 Å². The van der Waals surface area contributed by atoms with Gasteiger partial charge in [0.25, 0.3) is 0 Å². The predicted molar refractivity (Wildman–Crippen MR) is 60.0 cm³/mol. The van der Waals surface area contributed by atoms with Crippen LogP contribution in [0.4, 0.5) is 0 Å². The van der Waals surface area contributed by atoms with Gasteiger partial charge in [0.05, 0.1) is 6.54 Å². The zero-order valence-corrected chi connectivity index (χ0v) is 9.31. The van der Waals surface area contributed by atoms with Gasteiger partial charge in [-0.3, -0.25) is 4.90 Å². The molecule has 78 valence electrons. The Labute approximate surface area is 87.9 Å². The lowest BCUT2D eigenvalue weighted by atomic mass is 9.69. The zero-order chi connectivity index (χ0) is 9.86. The largest absolute Gasteiger partial charge is 0.291 e. The highest BCUT2D eigenvalue weighted by atomic mass is 15.2. The Kier molecular flexibility index (Phi) is 3.13. The lowest BCUT2D eigenvalue weighted by Gasteiger charge is -2.52. The van der Waals surface area contributed by atoms with Gasteiger partial charge in [0.2, 0.25) is 0 Å². The molecule has 1 heteroatoms. The summed E-state index contributed by atoms with van der Waals surface area (Å²) in [6.45, 7) is 5.78. The topological polar surface area (TPSA) is 3.24 Å². The lowest BCUT2D eigenvalue weighted by molar-refractivity contribution is -0.0185. The summed E-state index contributed by atoms with van der Waals surface area (Å²) in [6, 6.07) is 0. The fraction of sp³-hybridized carbons (Fsp3) is 0.846. The highest BCUT2D eigenvalue weighted by molar-refractivity contribution is 5.05. The lowest BCUT2D eigenvalue weighted by Crippen LogP contribution is -2.56. The third-order valence-electron chi connectivity index (χ3n) is 3.64. The van der Waals surface area contributed by atoms with Crippen LogP contribution in [-0.4, -0.2) is 24.5 Å². The van der Waals surface area contributed by atoms with E-state index in [0.717, 1.165) is 18.4 Å². The van der Waals surface area contributed by atoms with E-state index in [1.54, 1.807) is 0 Å². The van der Waals surface area contributed by atoms with E-state index < -0.39 is 0 Å². The van der Waals surface area contributed by atoms with E-state index in [2.05, 4.69) is 23.7 Å². The van der Waals surface area contributed by atoms with Crippen molar-refractivity contribution in [2.45, 2.75) is 45.4 Å². The Morgan fingerprint density at radius 1 is 1.07 bits per heavy atom. The molecule has 0 atom stereocenters. The van der Waals surface area contributed by atoms with Gasteiger partial charge in [-0.15, -0.1) is 5.92 Å². The molecule has 0 aromatic heterocycles. The second-order valence-corrected chi connectivity index (χ2v) is 4.91. The highest BCUT2D eigenvalue weighted by Crippen LogP contribution is 2.43. The zero-order valence-electron chi connectivity index (χ0n) is 9.31. The summed E-state index contributed by atoms with van der Waals surface area (Å²) >= 11 is 0. The van der Waals surface area contributed by atoms with Crippen molar-refractivity contribution in [3.05, 3.63) is 0 Å². The Morgan fingerprint density at radius 3 is 2.43 bits per heavy atom. The Balaban J connectivity index is 1.72. The van der Waals surface area contributed by atoms with Crippen LogP contribution in [0.15, 0.2) is 0 Å². The molecule has 0 radical (unpaired) electrons. The number of nitrogens with zero attached hydrogens (tertiary/aromatic N) is 1. The summed E-state index contributed by atoms with van der Waals surface area (Å²) < 4.78 is 0. The first-order valence-corrected chi connectivity index (χ1v) is 6.03. The van der Waals surface area contributed by atoms with Gasteiger partial charge in [-0.25, -0.2) is 0 Å². The number of hydrogen-bond acceptors (Lipinski definition) is 1. The third-order valence-corrected chi connectivity index (χ3v) is 3.64. The van der Waals surface area contributed by atoms with E-state index in [4.69, 9.17) is 0 Å². The molecule has 1 heterocycles. The van der Waals surface area contributed by atoms with Crippen molar-refractivity contribution < 1.29 is 0 Å². The number of rotatable bonds is 1. The fourth-order valence-corrected chi connectivity index (χ4v) is 2.92. The van der Waals surface area contributed by atoms with Gasteiger partial charge in [0, 0.05) is 19.5 Å². The van der Waals surface area contributed by atoms with Crippen molar-refractivity contribution in [3.8, 4) is 11.8 Å². The van der Waals surface area contributed by atoms with E-state index in [0.29, 0.717) is 0 Å². The highest BCUT2D eigenvalue weighted by Gasteiger charge is 2.42. The first kappa shape index (κ1) is 10.1. The summed E-state index contributed by atoms with van der Waals surface area (Å²) in [5, 5.41) is 0. The van der Waals surface area contributed by atoms with Crippen molar-refractivity contribution >= 4 is 0 Å². The van der Waals surface area contributed by atoms with Crippen LogP contribution < -0.4 is 0 Å². The minimum atomic E-state index is 0.728. The van der Waals surface area contributed by atoms with Crippen molar-refractivity contribution in [2.75, 3.05) is 19.6 Å². The van der Waals surface area contributed by atoms with E-state index in [9.17, 15) is 0 Å². The minimum absolute atomic E-state index is 0.728. The summed E-state index contributed by atoms with van der Waals surface area (Å²) in [6.07, 6.45) is 8.36. The van der Waals surface area contributed by atoms with Crippen LogP contribution in [0.25, 0.3) is 0 Å². The van der Waals surface area contributed by atoms with Gasteiger partial charge in [0.15, 0.2) is 0 Å². The van der Waals surface area contributed by atoms with Crippen LogP contribution in [0.5, 0.6) is 0 Å². The molecule has 0 aromatic carbocycles. The Morgan fingerprint density at radius 2 is 1.79 bits per heavy atom. The Hall–Kier alpha value is -0.480. The molecule has 2 aliphatic rings. The first-order valence-electron chi connectivity index (χ1n) is 6.03. The van der Waals surface area contributed by atoms with Crippen LogP contribution in [-0.2, 0) is 0 Å². The van der Waals surface area contributed by atoms with Gasteiger partial charge < -0.3 is 0 Å². The van der Waals surface area contributed by atoms with Gasteiger partial charge in [-0.2, -0.15) is 0 Å². The number of likely N-dealkylation sites (tertiary alicyclic amines) is 1. The van der Waals surface area contributed by atoms with E-state index in [-0.39, 0.29) is 0 Å². The molecular weight excluding hydrogens is 170 g/mol. The SMILES string of the molecule is CCC#CCN1CC2(CCCCC2)C1. The maximum absolute atomic E-state index is 3.23. The van der Waals surface area contributed by atoms with Gasteiger partial charge in [-0.1, -0.05) is 32.1 Å². The van der Waals surface area contributed by atoms with Gasteiger partial charge in [0.1, 0.15) is 0 Å². The second-order valence-electron chi connectivity index (χ2n) is 4.91. The summed E-state index contributed by atoms with van der Waals surface area (Å²) in [5.41, 5.74) is 0.728. The molecule has 2 fully saturated rings. The Bertz CT molecular complexity index is 232. The minimum Gasteiger partial charge on any atom is -0.291 e. The third kappa shape index (κ3) is 2.12. The summed E-state index contributed by atoms with van der Waals surface area (Å²) in [7, 11) is 0. The quantitative estimate of drug-likeness (QED) is 0.576. The van der Waals surface area contributed by atoms with Crippen molar-refractivity contribution in [1.82, 2.24) is 4.90 Å². The maximum atomic E-state index is 3.23. The van der Waals surface area contributed by atoms with Gasteiger partial charge >= 0.3 is 0 Å². The molecule has 1 aliphatic heterocycles. The maximum Gasteiger partial charge on any atom is 0.0601 e. The molecule has 1 saturated heterocycles. The molecule has 1 spiro atoms. The average molecular weight is 191 g/mol. The standard InChI is InChI=1S/C13H21N/c1-2-3-7-10-14-11-13(12-14)8-5-4-6-9-13/h2,4-6,8-12H2,1H3. The molecule has 2 rings (SSSR count). The molecule has 0 N–H and O–H groups in total. The van der Waals surface area contributed by atoms with Crippen molar-refractivity contribution in [3.63, 3.8) is 0 Å². The van der Waals surface area contributed by atoms with E-state index in [1.807, 2.05) is 0 Å². The molecule has 0 amide bonds. The van der Waals surface area contributed by atoms with Crippen LogP contribution in [0, 0.1) is 17.3 Å². The van der Waals surface area contributed by atoms with Gasteiger partial charge in [-0.05, 0) is 18.3 Å². The predicted octanol–water partition coefficient (Wildman–Crippen LogP) is 2.67. The monoisotopic (exact) mass is 191 g/mol. The molecule has 0 aromatic rings. The van der Waals surface area contributed by atoms with Crippen LogP contribution >= 0.6 is 0 Å². The molecule has 1 nitrogen and oxygen atoms in total. The normalized spacial score (nSPS) is 25.2. The second kappa shape index (κ2) is 4.36. The number of hydrogen-bond donors (Lipinski definition) is 0. The molecule has 1 saturated carbocycles. The van der Waals surface area contributed by atoms with Crippen LogP contribution in [0.2, 0.25) is 0 Å². The summed E-state index contributed by atoms with van der Waals surface area (Å²) in [4.78, 5) is 2.51. The molecule has 14 heavy (non-hydrogen) atoms. The smallest absolute Gasteiger partial charge is 0.0601 e.